The van der Waals surface area contributed by atoms with Gasteiger partial charge in [-0.2, -0.15) is 0 Å². The summed E-state index contributed by atoms with van der Waals surface area (Å²) in [6.07, 6.45) is 9.36. The highest BCUT2D eigenvalue weighted by Crippen LogP contribution is 2.59. The van der Waals surface area contributed by atoms with Gasteiger partial charge in [0.25, 0.3) is 5.91 Å². The topological polar surface area (TPSA) is 93.6 Å². The van der Waals surface area contributed by atoms with Crippen molar-refractivity contribution in [2.45, 2.75) is 70.2 Å². The van der Waals surface area contributed by atoms with Crippen molar-refractivity contribution in [1.82, 2.24) is 9.80 Å². The Morgan fingerprint density at radius 3 is 2.21 bits per heavy atom. The second kappa shape index (κ2) is 13.3. The Morgan fingerprint density at radius 2 is 1.57 bits per heavy atom. The first-order chi connectivity index (χ1) is 22.8. The van der Waals surface area contributed by atoms with Gasteiger partial charge < -0.3 is 29.4 Å². The Kier molecular flexibility index (Phi) is 9.31. The molecule has 9 heteroatoms. The van der Waals surface area contributed by atoms with E-state index in [2.05, 4.69) is 18.7 Å². The predicted molar refractivity (Wildman–Crippen MR) is 183 cm³/mol. The fourth-order valence-electron chi connectivity index (χ4n) is 8.42. The number of benzene rings is 2. The average Bonchev–Trinajstić information content (AvgIpc) is 3.39. The van der Waals surface area contributed by atoms with E-state index in [4.69, 9.17) is 4.74 Å². The lowest BCUT2D eigenvalue weighted by atomic mass is 9.73. The van der Waals surface area contributed by atoms with Gasteiger partial charge in [0.2, 0.25) is 11.8 Å². The molecule has 0 aliphatic carbocycles. The number of carbonyl (C=O) groups excluding carboxylic acids is 3. The molecule has 250 valence electrons. The zero-order valence-corrected chi connectivity index (χ0v) is 28.0. The molecule has 47 heavy (non-hydrogen) atoms. The summed E-state index contributed by atoms with van der Waals surface area (Å²) in [4.78, 5) is 51.8. The van der Waals surface area contributed by atoms with Gasteiger partial charge in [-0.25, -0.2) is 0 Å². The summed E-state index contributed by atoms with van der Waals surface area (Å²) in [6.45, 7) is 10.9. The van der Waals surface area contributed by atoms with E-state index in [9.17, 15) is 14.7 Å². The van der Waals surface area contributed by atoms with Gasteiger partial charge in [-0.1, -0.05) is 68.5 Å². The molecule has 0 radical (unpaired) electrons. The zero-order valence-electron chi connectivity index (χ0n) is 28.0. The van der Waals surface area contributed by atoms with Crippen LogP contribution < -0.4 is 9.80 Å². The van der Waals surface area contributed by atoms with Crippen LogP contribution in [0.4, 0.5) is 11.4 Å². The van der Waals surface area contributed by atoms with E-state index in [0.29, 0.717) is 25.9 Å². The Hall–Kier alpha value is -3.95. The van der Waals surface area contributed by atoms with Crippen LogP contribution in [0.1, 0.15) is 46.1 Å². The van der Waals surface area contributed by atoms with Gasteiger partial charge in [0, 0.05) is 44.1 Å². The SMILES string of the molecule is CCCN1CC=C[C@@]2(CC)O[C@]34C=CCN(c5ccc(N(CC)CC)cc5)C(=O)C3N([C@@H](CO)Cc3ccccc3)C(=O)[C@@H]4[C@H]2C1=O. The summed E-state index contributed by atoms with van der Waals surface area (Å²) < 4.78 is 7.13. The molecule has 0 aromatic heterocycles. The molecule has 1 N–H and O–H groups in total. The third-order valence-corrected chi connectivity index (χ3v) is 10.7. The van der Waals surface area contributed by atoms with Crippen molar-refractivity contribution in [3.63, 3.8) is 0 Å². The molecule has 1 unspecified atom stereocenters. The molecule has 4 aliphatic rings. The molecule has 0 bridgehead atoms. The molecule has 2 aromatic rings. The van der Waals surface area contributed by atoms with Crippen molar-refractivity contribution in [1.29, 1.82) is 0 Å². The van der Waals surface area contributed by atoms with Crippen LogP contribution in [-0.2, 0) is 25.5 Å². The molecular formula is C38H48N4O5. The number of carbonyl (C=O) groups is 3. The minimum absolute atomic E-state index is 0.118. The van der Waals surface area contributed by atoms with Gasteiger partial charge in [0.15, 0.2) is 0 Å². The summed E-state index contributed by atoms with van der Waals surface area (Å²) in [5.41, 5.74) is 0.306. The predicted octanol–water partition coefficient (Wildman–Crippen LogP) is 4.21. The van der Waals surface area contributed by atoms with Crippen molar-refractivity contribution in [3.05, 3.63) is 84.5 Å². The first-order valence-corrected chi connectivity index (χ1v) is 17.3. The lowest BCUT2D eigenvalue weighted by molar-refractivity contribution is -0.152. The van der Waals surface area contributed by atoms with E-state index in [1.54, 1.807) is 9.80 Å². The third kappa shape index (κ3) is 5.37. The molecule has 4 heterocycles. The van der Waals surface area contributed by atoms with Crippen LogP contribution in [0, 0.1) is 11.8 Å². The number of aliphatic hydroxyl groups excluding tert-OH is 1. The van der Waals surface area contributed by atoms with Gasteiger partial charge in [0.1, 0.15) is 11.6 Å². The fourth-order valence-corrected chi connectivity index (χ4v) is 8.42. The number of hydrogen-bond donors (Lipinski definition) is 1. The Labute approximate surface area is 278 Å². The van der Waals surface area contributed by atoms with Crippen LogP contribution in [0.2, 0.25) is 0 Å². The number of anilines is 2. The van der Waals surface area contributed by atoms with E-state index >= 15 is 4.79 Å². The van der Waals surface area contributed by atoms with E-state index in [1.807, 2.05) is 97.6 Å². The number of ether oxygens (including phenoxy) is 1. The summed E-state index contributed by atoms with van der Waals surface area (Å²) in [5.74, 6) is -2.44. The third-order valence-electron chi connectivity index (χ3n) is 10.7. The highest BCUT2D eigenvalue weighted by Gasteiger charge is 2.76. The Morgan fingerprint density at radius 1 is 0.872 bits per heavy atom. The minimum Gasteiger partial charge on any atom is -0.394 e. The van der Waals surface area contributed by atoms with E-state index in [1.165, 1.54) is 0 Å². The van der Waals surface area contributed by atoms with E-state index in [0.717, 1.165) is 36.4 Å². The van der Waals surface area contributed by atoms with Crippen molar-refractivity contribution in [2.24, 2.45) is 11.8 Å². The molecule has 9 nitrogen and oxygen atoms in total. The molecule has 3 amide bonds. The van der Waals surface area contributed by atoms with E-state index < -0.39 is 35.1 Å². The van der Waals surface area contributed by atoms with E-state index in [-0.39, 0.29) is 30.9 Å². The van der Waals surface area contributed by atoms with Crippen LogP contribution in [0.15, 0.2) is 78.9 Å². The summed E-state index contributed by atoms with van der Waals surface area (Å²) in [6, 6.07) is 15.9. The number of aliphatic hydroxyl groups is 1. The van der Waals surface area contributed by atoms with Crippen LogP contribution in [0.3, 0.4) is 0 Å². The molecule has 2 saturated heterocycles. The van der Waals surface area contributed by atoms with Gasteiger partial charge in [-0.15, -0.1) is 0 Å². The van der Waals surface area contributed by atoms with Crippen LogP contribution in [0.5, 0.6) is 0 Å². The second-order valence-corrected chi connectivity index (χ2v) is 13.1. The Bertz CT molecular complexity index is 1520. The maximum absolute atomic E-state index is 15.0. The number of hydrogen-bond acceptors (Lipinski definition) is 6. The maximum Gasteiger partial charge on any atom is 0.253 e. The van der Waals surface area contributed by atoms with Crippen LogP contribution in [0.25, 0.3) is 0 Å². The van der Waals surface area contributed by atoms with Crippen molar-refractivity contribution >= 4 is 29.1 Å². The lowest BCUT2D eigenvalue weighted by Crippen LogP contribution is -2.59. The normalized spacial score (nSPS) is 29.0. The van der Waals surface area contributed by atoms with Gasteiger partial charge >= 0.3 is 0 Å². The maximum atomic E-state index is 15.0. The molecule has 0 saturated carbocycles. The van der Waals surface area contributed by atoms with Crippen molar-refractivity contribution in [2.75, 3.05) is 49.1 Å². The van der Waals surface area contributed by atoms with Gasteiger partial charge in [0.05, 0.1) is 30.1 Å². The molecule has 1 spiro atoms. The van der Waals surface area contributed by atoms with Crippen molar-refractivity contribution in [3.8, 4) is 0 Å². The largest absolute Gasteiger partial charge is 0.394 e. The van der Waals surface area contributed by atoms with Crippen LogP contribution in [-0.4, -0.2) is 95.2 Å². The Balaban J connectivity index is 1.47. The number of nitrogens with zero attached hydrogens (tertiary/aromatic N) is 4. The van der Waals surface area contributed by atoms with Crippen molar-refractivity contribution < 1.29 is 24.2 Å². The minimum atomic E-state index is -1.38. The molecule has 4 aliphatic heterocycles. The number of fused-ring (bicyclic) bond motifs is 2. The standard InChI is InChI=1S/C38H48N4O5/c1-5-22-40-23-12-20-37(6-2)31(34(40)44)32-35(45)42(30(26-43)25-27-14-10-9-11-15-27)33-36(46)41(24-13-21-38(32,33)47-37)29-18-16-28(17-19-29)39(7-3)8-4/h9-21,30-33,43H,5-8,22-26H2,1-4H3/t30-,31+,32+,33?,37-,38+/m1/s1. The highest BCUT2D eigenvalue weighted by molar-refractivity contribution is 6.06. The molecule has 6 atom stereocenters. The molecular weight excluding hydrogens is 592 g/mol. The first kappa shape index (κ1) is 33.0. The number of likely N-dealkylation sites (tertiary alicyclic amines) is 1. The monoisotopic (exact) mass is 640 g/mol. The lowest BCUT2D eigenvalue weighted by Gasteiger charge is -2.41. The summed E-state index contributed by atoms with van der Waals surface area (Å²) in [7, 11) is 0. The molecule has 2 fully saturated rings. The quantitative estimate of drug-likeness (QED) is 0.370. The number of rotatable bonds is 11. The molecule has 6 rings (SSSR count). The first-order valence-electron chi connectivity index (χ1n) is 17.3. The highest BCUT2D eigenvalue weighted by atomic mass is 16.5. The smallest absolute Gasteiger partial charge is 0.253 e. The summed E-state index contributed by atoms with van der Waals surface area (Å²) in [5, 5.41) is 10.9. The average molecular weight is 641 g/mol. The van der Waals surface area contributed by atoms with Crippen LogP contribution >= 0.6 is 0 Å². The summed E-state index contributed by atoms with van der Waals surface area (Å²) >= 11 is 0. The molecule has 2 aromatic carbocycles. The fraction of sp³-hybridized carbons (Fsp3) is 0.500. The zero-order chi connectivity index (χ0) is 33.3. The van der Waals surface area contributed by atoms with Gasteiger partial charge in [-0.3, -0.25) is 14.4 Å². The number of amides is 3. The second-order valence-electron chi connectivity index (χ2n) is 13.1. The van der Waals surface area contributed by atoms with Gasteiger partial charge in [-0.05, 0) is 62.9 Å².